The number of nitrogens with zero attached hydrogens (tertiary/aromatic N) is 2. The van der Waals surface area contributed by atoms with Crippen molar-refractivity contribution in [2.24, 2.45) is 0 Å². The molecule has 0 unspecified atom stereocenters. The minimum atomic E-state index is -2.81. The normalized spacial score (nSPS) is 10.2. The largest absolute Gasteiger partial charge is 0.390 e. The Morgan fingerprint density at radius 2 is 2.29 bits per heavy atom. The zero-order chi connectivity index (χ0) is 10.7. The molecule has 0 saturated carbocycles. The lowest BCUT2D eigenvalue weighted by Gasteiger charge is -2.06. The topological polar surface area (TPSA) is 82.9 Å². The van der Waals surface area contributed by atoms with Crippen LogP contribution >= 0.6 is 0 Å². The molecule has 3 N–H and O–H groups in total. The predicted octanol–water partition coefficient (Wildman–Crippen LogP) is 0.965. The van der Waals surface area contributed by atoms with Crippen LogP contribution in [0.1, 0.15) is 23.2 Å². The zero-order valence-corrected chi connectivity index (χ0v) is 7.04. The molecule has 0 aromatic carbocycles. The third-order valence-corrected chi connectivity index (χ3v) is 1.64. The first-order valence-electron chi connectivity index (χ1n) is 3.68. The fourth-order valence-corrected chi connectivity index (χ4v) is 1.02. The molecule has 4 nitrogen and oxygen atoms in total. The van der Waals surface area contributed by atoms with Crippen molar-refractivity contribution in [1.82, 2.24) is 4.98 Å². The van der Waals surface area contributed by atoms with Crippen molar-refractivity contribution in [2.75, 3.05) is 5.73 Å². The maximum absolute atomic E-state index is 12.4. The van der Waals surface area contributed by atoms with Gasteiger partial charge in [0.25, 0.3) is 6.43 Å². The van der Waals surface area contributed by atoms with Crippen LogP contribution in [0.5, 0.6) is 0 Å². The van der Waals surface area contributed by atoms with Crippen LogP contribution in [0.25, 0.3) is 0 Å². The van der Waals surface area contributed by atoms with Crippen LogP contribution in [0.4, 0.5) is 14.6 Å². The molecule has 1 heterocycles. The van der Waals surface area contributed by atoms with E-state index in [4.69, 9.17) is 16.1 Å². The van der Waals surface area contributed by atoms with Crippen molar-refractivity contribution < 1.29 is 13.9 Å². The Morgan fingerprint density at radius 1 is 1.64 bits per heavy atom. The molecule has 0 radical (unpaired) electrons. The van der Waals surface area contributed by atoms with Crippen LogP contribution in [-0.4, -0.2) is 10.1 Å². The molecule has 0 spiro atoms. The molecule has 0 amide bonds. The highest BCUT2D eigenvalue weighted by atomic mass is 19.3. The highest BCUT2D eigenvalue weighted by Gasteiger charge is 2.17. The van der Waals surface area contributed by atoms with Gasteiger partial charge in [-0.1, -0.05) is 0 Å². The summed E-state index contributed by atoms with van der Waals surface area (Å²) in [6.07, 6.45) is -2.81. The van der Waals surface area contributed by atoms with Gasteiger partial charge < -0.3 is 10.8 Å². The number of halogens is 2. The van der Waals surface area contributed by atoms with Gasteiger partial charge in [0.05, 0.1) is 12.3 Å². The first kappa shape index (κ1) is 10.3. The number of hydrogen-bond donors (Lipinski definition) is 2. The summed E-state index contributed by atoms with van der Waals surface area (Å²) in [6.45, 7) is -0.490. The molecule has 6 heteroatoms. The van der Waals surface area contributed by atoms with Crippen LogP contribution in [0.15, 0.2) is 6.07 Å². The second-order valence-corrected chi connectivity index (χ2v) is 2.53. The fraction of sp³-hybridized carbons (Fsp3) is 0.250. The minimum absolute atomic E-state index is 0.0248. The molecule has 0 bridgehead atoms. The molecule has 0 saturated heterocycles. The lowest BCUT2D eigenvalue weighted by Crippen LogP contribution is -2.04. The molecular weight excluding hydrogens is 192 g/mol. The zero-order valence-electron chi connectivity index (χ0n) is 7.04. The molecule has 14 heavy (non-hydrogen) atoms. The minimum Gasteiger partial charge on any atom is -0.390 e. The van der Waals surface area contributed by atoms with Crippen molar-refractivity contribution >= 4 is 5.82 Å². The second-order valence-electron chi connectivity index (χ2n) is 2.53. The molecule has 0 aliphatic heterocycles. The van der Waals surface area contributed by atoms with Gasteiger partial charge in [0.2, 0.25) is 0 Å². The summed E-state index contributed by atoms with van der Waals surface area (Å²) in [4.78, 5) is 3.58. The molecule has 74 valence electrons. The number of rotatable bonds is 2. The van der Waals surface area contributed by atoms with Gasteiger partial charge in [-0.05, 0) is 6.07 Å². The number of hydrogen-bond acceptors (Lipinski definition) is 4. The van der Waals surface area contributed by atoms with Gasteiger partial charge in [-0.3, -0.25) is 0 Å². The SMILES string of the molecule is N#Cc1c(C(F)F)cc(CO)nc1N. The molecule has 1 rings (SSSR count). The van der Waals surface area contributed by atoms with Crippen LogP contribution < -0.4 is 5.73 Å². The second kappa shape index (κ2) is 3.98. The monoisotopic (exact) mass is 199 g/mol. The van der Waals surface area contributed by atoms with E-state index in [1.807, 2.05) is 0 Å². The van der Waals surface area contributed by atoms with Crippen LogP contribution in [-0.2, 0) is 6.61 Å². The van der Waals surface area contributed by atoms with Gasteiger partial charge in [-0.25, -0.2) is 13.8 Å². The summed E-state index contributed by atoms with van der Waals surface area (Å²) in [6, 6.07) is 2.52. The van der Waals surface area contributed by atoms with Crippen molar-refractivity contribution in [1.29, 1.82) is 5.26 Å². The Bertz CT molecular complexity index is 387. The summed E-state index contributed by atoms with van der Waals surface area (Å²) in [7, 11) is 0. The summed E-state index contributed by atoms with van der Waals surface area (Å²) in [5.74, 6) is -0.283. The third-order valence-electron chi connectivity index (χ3n) is 1.64. The first-order valence-corrected chi connectivity index (χ1v) is 3.68. The van der Waals surface area contributed by atoms with Gasteiger partial charge in [0.15, 0.2) is 0 Å². The lowest BCUT2D eigenvalue weighted by molar-refractivity contribution is 0.150. The van der Waals surface area contributed by atoms with Crippen molar-refractivity contribution in [3.63, 3.8) is 0 Å². The average Bonchev–Trinajstić information content (AvgIpc) is 2.16. The van der Waals surface area contributed by atoms with Gasteiger partial charge in [0, 0.05) is 5.56 Å². The van der Waals surface area contributed by atoms with Crippen LogP contribution in [0, 0.1) is 11.3 Å². The Balaban J connectivity index is 3.37. The van der Waals surface area contributed by atoms with E-state index in [9.17, 15) is 8.78 Å². The summed E-state index contributed by atoms with van der Waals surface area (Å²) < 4.78 is 24.8. The number of nitrogens with two attached hydrogens (primary N) is 1. The Hall–Kier alpha value is -1.74. The predicted molar refractivity (Wildman–Crippen MR) is 44.2 cm³/mol. The maximum atomic E-state index is 12.4. The van der Waals surface area contributed by atoms with E-state index in [-0.39, 0.29) is 17.1 Å². The van der Waals surface area contributed by atoms with E-state index < -0.39 is 18.6 Å². The number of pyridine rings is 1. The number of alkyl halides is 2. The van der Waals surface area contributed by atoms with Gasteiger partial charge in [-0.2, -0.15) is 5.26 Å². The standard InChI is InChI=1S/C8H7F2N3O/c9-7(10)5-1-4(3-14)13-8(12)6(5)2-11/h1,7,14H,3H2,(H2,12,13). The van der Waals surface area contributed by atoms with Crippen molar-refractivity contribution in [3.05, 3.63) is 22.9 Å². The Kier molecular flexibility index (Phi) is 2.94. The Labute approximate surface area is 78.6 Å². The molecular formula is C8H7F2N3O. The number of aromatic nitrogens is 1. The summed E-state index contributed by atoms with van der Waals surface area (Å²) in [5.41, 5.74) is 4.46. The van der Waals surface area contributed by atoms with E-state index in [2.05, 4.69) is 4.98 Å². The highest BCUT2D eigenvalue weighted by molar-refractivity contribution is 5.54. The maximum Gasteiger partial charge on any atom is 0.265 e. The van der Waals surface area contributed by atoms with E-state index in [1.54, 1.807) is 6.07 Å². The summed E-state index contributed by atoms with van der Waals surface area (Å²) in [5, 5.41) is 17.2. The average molecular weight is 199 g/mol. The number of nitriles is 1. The van der Waals surface area contributed by atoms with E-state index >= 15 is 0 Å². The van der Waals surface area contributed by atoms with E-state index in [0.29, 0.717) is 0 Å². The molecule has 0 aliphatic carbocycles. The molecule has 0 aliphatic rings. The fourth-order valence-electron chi connectivity index (χ4n) is 1.02. The van der Waals surface area contributed by atoms with E-state index in [1.165, 1.54) is 0 Å². The van der Waals surface area contributed by atoms with Crippen LogP contribution in [0.3, 0.4) is 0 Å². The molecule has 0 atom stereocenters. The Morgan fingerprint density at radius 3 is 2.71 bits per heavy atom. The number of aliphatic hydroxyl groups is 1. The van der Waals surface area contributed by atoms with Crippen molar-refractivity contribution in [2.45, 2.75) is 13.0 Å². The van der Waals surface area contributed by atoms with E-state index in [0.717, 1.165) is 6.07 Å². The molecule has 1 aromatic rings. The highest BCUT2D eigenvalue weighted by Crippen LogP contribution is 2.26. The lowest BCUT2D eigenvalue weighted by atomic mass is 10.1. The third kappa shape index (κ3) is 1.78. The van der Waals surface area contributed by atoms with Crippen LogP contribution in [0.2, 0.25) is 0 Å². The first-order chi connectivity index (χ1) is 6.60. The van der Waals surface area contributed by atoms with Gasteiger partial charge in [-0.15, -0.1) is 0 Å². The number of anilines is 1. The summed E-state index contributed by atoms with van der Waals surface area (Å²) >= 11 is 0. The molecule has 0 fully saturated rings. The smallest absolute Gasteiger partial charge is 0.265 e. The van der Waals surface area contributed by atoms with Gasteiger partial charge >= 0.3 is 0 Å². The number of nitrogen functional groups attached to an aromatic ring is 1. The van der Waals surface area contributed by atoms with Gasteiger partial charge in [0.1, 0.15) is 17.5 Å². The quantitative estimate of drug-likeness (QED) is 0.743. The molecule has 1 aromatic heterocycles. The number of aliphatic hydroxyl groups excluding tert-OH is 1. The van der Waals surface area contributed by atoms with Crippen molar-refractivity contribution in [3.8, 4) is 6.07 Å².